The van der Waals surface area contributed by atoms with Crippen LogP contribution in [0.25, 0.3) is 0 Å². The van der Waals surface area contributed by atoms with Crippen molar-refractivity contribution in [2.45, 2.75) is 32.4 Å². The van der Waals surface area contributed by atoms with Crippen molar-refractivity contribution >= 4 is 18.0 Å². The molecule has 0 aliphatic rings. The topological polar surface area (TPSA) is 129 Å². The van der Waals surface area contributed by atoms with Crippen LogP contribution in [0.15, 0.2) is 18.3 Å². The summed E-state index contributed by atoms with van der Waals surface area (Å²) in [5.74, 6) is -2.71. The fraction of sp³-hybridized carbons (Fsp3) is 0.385. The van der Waals surface area contributed by atoms with Gasteiger partial charge in [0, 0.05) is 6.20 Å². The van der Waals surface area contributed by atoms with E-state index in [9.17, 15) is 14.4 Å². The number of aliphatic carboxylic acids is 2. The zero-order valence-electron chi connectivity index (χ0n) is 11.5. The van der Waals surface area contributed by atoms with Crippen molar-refractivity contribution in [3.8, 4) is 0 Å². The lowest BCUT2D eigenvalue weighted by molar-refractivity contribution is -0.145. The van der Waals surface area contributed by atoms with Gasteiger partial charge in [-0.2, -0.15) is 0 Å². The normalized spacial score (nSPS) is 11.5. The number of nitrogens with one attached hydrogen (secondary N) is 2. The number of carbonyl (C=O) groups is 3. The number of rotatable bonds is 7. The molecule has 0 bridgehead atoms. The maximum absolute atomic E-state index is 11.6. The highest BCUT2D eigenvalue weighted by Crippen LogP contribution is 2.05. The van der Waals surface area contributed by atoms with Crippen LogP contribution in [0.1, 0.15) is 24.6 Å². The second kappa shape index (κ2) is 7.83. The molecule has 1 atom stereocenters. The van der Waals surface area contributed by atoms with Crippen LogP contribution >= 0.6 is 0 Å². The molecule has 4 N–H and O–H groups in total. The van der Waals surface area contributed by atoms with Crippen molar-refractivity contribution in [2.24, 2.45) is 0 Å². The average molecular weight is 295 g/mol. The molecule has 0 aromatic carbocycles. The highest BCUT2D eigenvalue weighted by molar-refractivity contribution is 5.86. The fourth-order valence-electron chi connectivity index (χ4n) is 1.70. The number of hydrogen-bond donors (Lipinski definition) is 4. The van der Waals surface area contributed by atoms with Gasteiger partial charge in [0.15, 0.2) is 0 Å². The summed E-state index contributed by atoms with van der Waals surface area (Å²) in [5.41, 5.74) is 1.65. The van der Waals surface area contributed by atoms with Crippen molar-refractivity contribution in [2.75, 3.05) is 0 Å². The third-order valence-corrected chi connectivity index (χ3v) is 2.76. The number of pyridine rings is 1. The first kappa shape index (κ1) is 16.4. The molecule has 0 fully saturated rings. The quantitative estimate of drug-likeness (QED) is 0.575. The smallest absolute Gasteiger partial charge is 0.326 e. The van der Waals surface area contributed by atoms with Gasteiger partial charge in [-0.05, 0) is 18.1 Å². The Morgan fingerprint density at radius 2 is 2.05 bits per heavy atom. The Balaban J connectivity index is 2.56. The number of nitrogens with zero attached hydrogens (tertiary/aromatic N) is 1. The molecule has 0 spiro atoms. The highest BCUT2D eigenvalue weighted by Gasteiger charge is 2.22. The van der Waals surface area contributed by atoms with E-state index in [0.717, 1.165) is 12.0 Å². The highest BCUT2D eigenvalue weighted by atomic mass is 16.4. The van der Waals surface area contributed by atoms with E-state index < -0.39 is 30.4 Å². The van der Waals surface area contributed by atoms with Gasteiger partial charge in [-0.25, -0.2) is 9.59 Å². The van der Waals surface area contributed by atoms with E-state index in [4.69, 9.17) is 10.2 Å². The van der Waals surface area contributed by atoms with E-state index in [1.165, 1.54) is 0 Å². The van der Waals surface area contributed by atoms with Crippen LogP contribution in [0, 0.1) is 0 Å². The Bertz CT molecular complexity index is 532. The van der Waals surface area contributed by atoms with E-state index in [-0.39, 0.29) is 6.54 Å². The predicted octanol–water partition coefficient (Wildman–Crippen LogP) is 0.371. The number of aryl methyl sites for hydroxylation is 1. The maximum atomic E-state index is 11.6. The summed E-state index contributed by atoms with van der Waals surface area (Å²) in [6, 6.07) is 1.44. The molecule has 0 radical (unpaired) electrons. The van der Waals surface area contributed by atoms with E-state index in [0.29, 0.717) is 5.69 Å². The van der Waals surface area contributed by atoms with Crippen molar-refractivity contribution in [3.63, 3.8) is 0 Å². The van der Waals surface area contributed by atoms with Crippen molar-refractivity contribution in [1.29, 1.82) is 0 Å². The van der Waals surface area contributed by atoms with Crippen molar-refractivity contribution in [1.82, 2.24) is 15.6 Å². The van der Waals surface area contributed by atoms with Crippen LogP contribution in [-0.4, -0.2) is 39.2 Å². The van der Waals surface area contributed by atoms with Crippen molar-refractivity contribution < 1.29 is 24.6 Å². The molecule has 1 unspecified atom stereocenters. The lowest BCUT2D eigenvalue weighted by atomic mass is 10.1. The third kappa shape index (κ3) is 5.47. The van der Waals surface area contributed by atoms with Crippen LogP contribution in [0.5, 0.6) is 0 Å². The van der Waals surface area contributed by atoms with Gasteiger partial charge in [0.05, 0.1) is 18.7 Å². The second-order valence-corrected chi connectivity index (χ2v) is 4.28. The lowest BCUT2D eigenvalue weighted by Gasteiger charge is -2.13. The molecule has 1 aromatic rings. The molecule has 2 amide bonds. The van der Waals surface area contributed by atoms with Gasteiger partial charge in [-0.15, -0.1) is 0 Å². The van der Waals surface area contributed by atoms with E-state index in [2.05, 4.69) is 15.6 Å². The van der Waals surface area contributed by atoms with Crippen LogP contribution in [0.3, 0.4) is 0 Å². The summed E-state index contributed by atoms with van der Waals surface area (Å²) in [5, 5.41) is 22.0. The first-order chi connectivity index (χ1) is 9.93. The van der Waals surface area contributed by atoms with Gasteiger partial charge in [0.1, 0.15) is 6.04 Å². The van der Waals surface area contributed by atoms with Crippen LogP contribution in [0.4, 0.5) is 4.79 Å². The summed E-state index contributed by atoms with van der Waals surface area (Å²) < 4.78 is 0. The number of carboxylic acids is 2. The van der Waals surface area contributed by atoms with Crippen LogP contribution < -0.4 is 10.6 Å². The van der Waals surface area contributed by atoms with Gasteiger partial charge < -0.3 is 20.8 Å². The standard InChI is InChI=1S/C13H17N3O5/c1-2-8-4-3-5-14-10(8)7-15-13(21)16-9(12(19)20)6-11(17)18/h3-5,9H,2,6-7H2,1H3,(H,17,18)(H,19,20)(H2,15,16,21). The minimum Gasteiger partial charge on any atom is -0.481 e. The SMILES string of the molecule is CCc1cccnc1CNC(=O)NC(CC(=O)O)C(=O)O. The van der Waals surface area contributed by atoms with Gasteiger partial charge in [0.25, 0.3) is 0 Å². The summed E-state index contributed by atoms with van der Waals surface area (Å²) >= 11 is 0. The summed E-state index contributed by atoms with van der Waals surface area (Å²) in [4.78, 5) is 37.1. The minimum atomic E-state index is -1.48. The fourth-order valence-corrected chi connectivity index (χ4v) is 1.70. The van der Waals surface area contributed by atoms with Crippen molar-refractivity contribution in [3.05, 3.63) is 29.6 Å². The Labute approximate surface area is 121 Å². The lowest BCUT2D eigenvalue weighted by Crippen LogP contribution is -2.46. The maximum Gasteiger partial charge on any atom is 0.326 e. The first-order valence-corrected chi connectivity index (χ1v) is 6.35. The molecular formula is C13H17N3O5. The Morgan fingerprint density at radius 3 is 2.62 bits per heavy atom. The zero-order valence-corrected chi connectivity index (χ0v) is 11.5. The third-order valence-electron chi connectivity index (χ3n) is 2.76. The molecule has 1 aromatic heterocycles. The summed E-state index contributed by atoms with van der Waals surface area (Å²) in [7, 11) is 0. The molecule has 1 heterocycles. The molecular weight excluding hydrogens is 278 g/mol. The molecule has 1 rings (SSSR count). The minimum absolute atomic E-state index is 0.134. The van der Waals surface area contributed by atoms with Crippen LogP contribution in [0.2, 0.25) is 0 Å². The summed E-state index contributed by atoms with van der Waals surface area (Å²) in [6.45, 7) is 2.09. The number of carboxylic acid groups (broad SMARTS) is 2. The molecule has 0 aliphatic heterocycles. The van der Waals surface area contributed by atoms with E-state index in [1.807, 2.05) is 13.0 Å². The number of amides is 2. The van der Waals surface area contributed by atoms with E-state index in [1.54, 1.807) is 12.3 Å². The first-order valence-electron chi connectivity index (χ1n) is 6.35. The van der Waals surface area contributed by atoms with Gasteiger partial charge >= 0.3 is 18.0 Å². The Morgan fingerprint density at radius 1 is 1.33 bits per heavy atom. The van der Waals surface area contributed by atoms with Gasteiger partial charge in [0.2, 0.25) is 0 Å². The Kier molecular flexibility index (Phi) is 6.12. The molecule has 8 heteroatoms. The predicted molar refractivity (Wildman–Crippen MR) is 72.7 cm³/mol. The number of carbonyl (C=O) groups excluding carboxylic acids is 1. The second-order valence-electron chi connectivity index (χ2n) is 4.28. The largest absolute Gasteiger partial charge is 0.481 e. The monoisotopic (exact) mass is 295 g/mol. The summed E-state index contributed by atoms with van der Waals surface area (Å²) in [6.07, 6.45) is 1.66. The number of urea groups is 1. The molecule has 0 saturated carbocycles. The van der Waals surface area contributed by atoms with Crippen LogP contribution in [-0.2, 0) is 22.6 Å². The Hall–Kier alpha value is -2.64. The molecule has 8 nitrogen and oxygen atoms in total. The van der Waals surface area contributed by atoms with Gasteiger partial charge in [-0.1, -0.05) is 13.0 Å². The zero-order chi connectivity index (χ0) is 15.8. The average Bonchev–Trinajstić information content (AvgIpc) is 2.44. The number of hydrogen-bond acceptors (Lipinski definition) is 4. The number of aromatic nitrogens is 1. The molecule has 114 valence electrons. The molecule has 0 saturated heterocycles. The molecule has 21 heavy (non-hydrogen) atoms. The van der Waals surface area contributed by atoms with Gasteiger partial charge in [-0.3, -0.25) is 9.78 Å². The van der Waals surface area contributed by atoms with E-state index >= 15 is 0 Å². The molecule has 0 aliphatic carbocycles.